The van der Waals surface area contributed by atoms with E-state index in [2.05, 4.69) is 61.8 Å². The quantitative estimate of drug-likeness (QED) is 0.347. The first kappa shape index (κ1) is 32.8. The molecule has 2 unspecified atom stereocenters. The molecule has 4 rings (SSSR count). The maximum Gasteiger partial charge on any atom is 0.171 e. The summed E-state index contributed by atoms with van der Waals surface area (Å²) < 4.78 is 12.7. The van der Waals surface area contributed by atoms with E-state index in [-0.39, 0.29) is 28.8 Å². The Labute approximate surface area is 252 Å². The van der Waals surface area contributed by atoms with E-state index in [1.54, 1.807) is 0 Å². The molecule has 2 fully saturated rings. The van der Waals surface area contributed by atoms with Gasteiger partial charge in [0.1, 0.15) is 0 Å². The molecule has 0 spiro atoms. The summed E-state index contributed by atoms with van der Waals surface area (Å²) in [4.78, 5) is 18.9. The van der Waals surface area contributed by atoms with Crippen molar-refractivity contribution in [3.63, 3.8) is 0 Å². The Balaban J connectivity index is 1.48. The van der Waals surface area contributed by atoms with Gasteiger partial charge in [-0.3, -0.25) is 14.6 Å². The number of hydrogen-bond donors (Lipinski definition) is 2. The van der Waals surface area contributed by atoms with Gasteiger partial charge in [-0.05, 0) is 36.8 Å². The SMILES string of the molecule is CC(C)(COCC(C(=O)C(COCC(C)(C)c1ccccc1)N1CCC(O)CC1)N1CCC(O)CC1)c1ccccc1. The third kappa shape index (κ3) is 8.94. The van der Waals surface area contributed by atoms with Gasteiger partial charge in [-0.1, -0.05) is 88.4 Å². The number of piperidine rings is 2. The first-order valence-corrected chi connectivity index (χ1v) is 15.7. The highest BCUT2D eigenvalue weighted by atomic mass is 16.5. The molecule has 2 aliphatic rings. The van der Waals surface area contributed by atoms with Gasteiger partial charge in [-0.25, -0.2) is 0 Å². The number of ether oxygens (including phenoxy) is 2. The Morgan fingerprint density at radius 3 is 1.36 bits per heavy atom. The number of Topliss-reactive ketones (excluding diaryl/α,β-unsaturated/α-hetero) is 1. The van der Waals surface area contributed by atoms with E-state index < -0.39 is 12.1 Å². The number of benzene rings is 2. The van der Waals surface area contributed by atoms with Crippen LogP contribution in [0.25, 0.3) is 0 Å². The number of rotatable bonds is 14. The summed E-state index contributed by atoms with van der Waals surface area (Å²) in [7, 11) is 0. The molecule has 2 aromatic carbocycles. The van der Waals surface area contributed by atoms with Crippen LogP contribution in [0.1, 0.15) is 64.5 Å². The van der Waals surface area contributed by atoms with E-state index in [4.69, 9.17) is 9.47 Å². The van der Waals surface area contributed by atoms with Crippen LogP contribution in [0.3, 0.4) is 0 Å². The summed E-state index contributed by atoms with van der Waals surface area (Å²) in [6.45, 7) is 12.9. The first-order chi connectivity index (χ1) is 20.1. The van der Waals surface area contributed by atoms with Crippen molar-refractivity contribution in [3.05, 3.63) is 71.8 Å². The van der Waals surface area contributed by atoms with Crippen LogP contribution in [-0.4, -0.2) is 103 Å². The molecular weight excluding hydrogens is 528 g/mol. The maximum atomic E-state index is 14.5. The van der Waals surface area contributed by atoms with Crippen molar-refractivity contribution in [2.75, 3.05) is 52.6 Å². The molecule has 7 nitrogen and oxygen atoms in total. The molecule has 2 atom stereocenters. The lowest BCUT2D eigenvalue weighted by atomic mass is 9.85. The minimum Gasteiger partial charge on any atom is -0.393 e. The first-order valence-electron chi connectivity index (χ1n) is 15.7. The molecule has 0 aliphatic carbocycles. The lowest BCUT2D eigenvalue weighted by Gasteiger charge is -2.41. The van der Waals surface area contributed by atoms with Crippen molar-refractivity contribution in [1.29, 1.82) is 0 Å². The van der Waals surface area contributed by atoms with Gasteiger partial charge in [-0.2, -0.15) is 0 Å². The smallest absolute Gasteiger partial charge is 0.171 e. The fourth-order valence-corrected chi connectivity index (χ4v) is 6.15. The van der Waals surface area contributed by atoms with E-state index in [1.165, 1.54) is 11.1 Å². The monoisotopic (exact) mass is 580 g/mol. The minimum absolute atomic E-state index is 0.109. The summed E-state index contributed by atoms with van der Waals surface area (Å²) >= 11 is 0. The molecule has 2 aliphatic heterocycles. The van der Waals surface area contributed by atoms with Gasteiger partial charge in [0.2, 0.25) is 0 Å². The molecule has 42 heavy (non-hydrogen) atoms. The van der Waals surface area contributed by atoms with Crippen LogP contribution >= 0.6 is 0 Å². The summed E-state index contributed by atoms with van der Waals surface area (Å²) in [5, 5.41) is 20.4. The topological polar surface area (TPSA) is 82.5 Å². The number of aliphatic hydroxyl groups is 2. The highest BCUT2D eigenvalue weighted by molar-refractivity contribution is 5.89. The zero-order chi connectivity index (χ0) is 30.2. The number of likely N-dealkylation sites (tertiary alicyclic amines) is 2. The van der Waals surface area contributed by atoms with Gasteiger partial charge in [-0.15, -0.1) is 0 Å². The van der Waals surface area contributed by atoms with Gasteiger partial charge in [0.15, 0.2) is 5.78 Å². The van der Waals surface area contributed by atoms with Crippen LogP contribution in [0.15, 0.2) is 60.7 Å². The van der Waals surface area contributed by atoms with Gasteiger partial charge in [0, 0.05) is 37.0 Å². The van der Waals surface area contributed by atoms with Crippen LogP contribution in [0, 0.1) is 0 Å². The Morgan fingerprint density at radius 1 is 0.690 bits per heavy atom. The molecule has 2 heterocycles. The molecule has 2 saturated heterocycles. The maximum absolute atomic E-state index is 14.5. The Morgan fingerprint density at radius 2 is 1.02 bits per heavy atom. The lowest BCUT2D eigenvalue weighted by molar-refractivity contribution is -0.137. The van der Waals surface area contributed by atoms with Crippen molar-refractivity contribution in [2.45, 2.75) is 88.5 Å². The van der Waals surface area contributed by atoms with Crippen LogP contribution in [0.2, 0.25) is 0 Å². The standard InChI is InChI=1S/C35H52N2O5/c1-34(2,27-11-7-5-8-12-27)25-41-23-31(36-19-15-29(38)16-20-36)33(40)32(37-21-17-30(39)18-22-37)24-42-26-35(3,4)28-13-9-6-10-14-28/h5-14,29-32,38-39H,15-26H2,1-4H3. The minimum atomic E-state index is -0.424. The van der Waals surface area contributed by atoms with Gasteiger partial charge in [0.25, 0.3) is 0 Å². The van der Waals surface area contributed by atoms with Crippen molar-refractivity contribution < 1.29 is 24.5 Å². The number of nitrogens with zero attached hydrogens (tertiary/aromatic N) is 2. The van der Waals surface area contributed by atoms with Crippen molar-refractivity contribution >= 4 is 5.78 Å². The van der Waals surface area contributed by atoms with Crippen LogP contribution in [0.5, 0.6) is 0 Å². The average Bonchev–Trinajstić information content (AvgIpc) is 2.99. The second-order valence-corrected chi connectivity index (χ2v) is 13.5. The number of aliphatic hydroxyl groups excluding tert-OH is 2. The highest BCUT2D eigenvalue weighted by Crippen LogP contribution is 2.26. The van der Waals surface area contributed by atoms with E-state index in [0.717, 1.165) is 0 Å². The van der Waals surface area contributed by atoms with E-state index >= 15 is 0 Å². The third-order valence-electron chi connectivity index (χ3n) is 9.12. The number of carbonyl (C=O) groups excluding carboxylic acids is 1. The van der Waals surface area contributed by atoms with Gasteiger partial charge >= 0.3 is 0 Å². The predicted molar refractivity (Wildman–Crippen MR) is 167 cm³/mol. The van der Waals surface area contributed by atoms with Crippen molar-refractivity contribution in [1.82, 2.24) is 9.80 Å². The summed E-state index contributed by atoms with van der Waals surface area (Å²) in [6.07, 6.45) is 1.97. The molecule has 2 aromatic rings. The van der Waals surface area contributed by atoms with Crippen LogP contribution in [0.4, 0.5) is 0 Å². The fourth-order valence-electron chi connectivity index (χ4n) is 6.15. The third-order valence-corrected chi connectivity index (χ3v) is 9.12. The Bertz CT molecular complexity index is 992. The molecule has 232 valence electrons. The largest absolute Gasteiger partial charge is 0.393 e. The second-order valence-electron chi connectivity index (χ2n) is 13.5. The van der Waals surface area contributed by atoms with Crippen LogP contribution in [-0.2, 0) is 25.1 Å². The van der Waals surface area contributed by atoms with Gasteiger partial charge in [0.05, 0.1) is 50.7 Å². The molecule has 2 N–H and O–H groups in total. The average molecular weight is 581 g/mol. The highest BCUT2D eigenvalue weighted by Gasteiger charge is 2.38. The normalized spacial score (nSPS) is 20.0. The molecular formula is C35H52N2O5. The van der Waals surface area contributed by atoms with E-state index in [1.807, 2.05) is 36.4 Å². The number of hydrogen-bond acceptors (Lipinski definition) is 7. The fraction of sp³-hybridized carbons (Fsp3) is 0.629. The summed E-state index contributed by atoms with van der Waals surface area (Å²) in [6, 6.07) is 19.8. The number of ketones is 1. The Kier molecular flexibility index (Phi) is 11.7. The lowest BCUT2D eigenvalue weighted by Crippen LogP contribution is -2.58. The molecule has 0 aromatic heterocycles. The molecule has 0 radical (unpaired) electrons. The number of carbonyl (C=O) groups is 1. The molecule has 0 saturated carbocycles. The summed E-state index contributed by atoms with van der Waals surface area (Å²) in [5.41, 5.74) is 2.02. The summed E-state index contributed by atoms with van der Waals surface area (Å²) in [5.74, 6) is 0.109. The predicted octanol–water partition coefficient (Wildman–Crippen LogP) is 4.19. The molecule has 7 heteroatoms. The van der Waals surface area contributed by atoms with Crippen LogP contribution < -0.4 is 0 Å². The Hall–Kier alpha value is -2.13. The van der Waals surface area contributed by atoms with Crippen molar-refractivity contribution in [2.24, 2.45) is 0 Å². The van der Waals surface area contributed by atoms with Gasteiger partial charge < -0.3 is 19.7 Å². The molecule has 0 amide bonds. The molecule has 0 bridgehead atoms. The zero-order valence-electron chi connectivity index (χ0n) is 26.1. The van der Waals surface area contributed by atoms with E-state index in [9.17, 15) is 15.0 Å². The second kappa shape index (κ2) is 15.0. The zero-order valence-corrected chi connectivity index (χ0v) is 26.1. The van der Waals surface area contributed by atoms with E-state index in [0.29, 0.717) is 78.3 Å². The van der Waals surface area contributed by atoms with Crippen molar-refractivity contribution in [3.8, 4) is 0 Å².